The molecule has 1 N–H and O–H groups in total. The zero-order valence-electron chi connectivity index (χ0n) is 9.17. The minimum Gasteiger partial charge on any atom is -0.383 e. The van der Waals surface area contributed by atoms with E-state index in [2.05, 4.69) is 49.3 Å². The van der Waals surface area contributed by atoms with Crippen LogP contribution >= 0.6 is 0 Å². The van der Waals surface area contributed by atoms with Gasteiger partial charge < -0.3 is 10.2 Å². The molecular weight excluding hydrogens is 172 g/mol. The van der Waals surface area contributed by atoms with Gasteiger partial charge in [-0.3, -0.25) is 0 Å². The molecule has 0 amide bonds. The predicted molar refractivity (Wildman–Crippen MR) is 62.2 cm³/mol. The molecule has 0 radical (unpaired) electrons. The van der Waals surface area contributed by atoms with E-state index in [4.69, 9.17) is 0 Å². The summed E-state index contributed by atoms with van der Waals surface area (Å²) in [4.78, 5) is 2.32. The molecule has 0 unspecified atom stereocenters. The summed E-state index contributed by atoms with van der Waals surface area (Å²) in [6.07, 6.45) is 1.17. The van der Waals surface area contributed by atoms with Crippen molar-refractivity contribution in [3.05, 3.63) is 23.8 Å². The van der Waals surface area contributed by atoms with Gasteiger partial charge in [0.2, 0.25) is 0 Å². The summed E-state index contributed by atoms with van der Waals surface area (Å²) in [5.41, 5.74) is 4.17. The zero-order valence-corrected chi connectivity index (χ0v) is 9.17. The van der Waals surface area contributed by atoms with Gasteiger partial charge in [0.1, 0.15) is 0 Å². The molecule has 2 nitrogen and oxygen atoms in total. The minimum absolute atomic E-state index is 0.507. The Labute approximate surface area is 85.9 Å². The Bertz CT molecular complexity index is 331. The van der Waals surface area contributed by atoms with Crippen LogP contribution in [0.4, 0.5) is 11.4 Å². The van der Waals surface area contributed by atoms with Crippen molar-refractivity contribution in [2.45, 2.75) is 26.3 Å². The van der Waals surface area contributed by atoms with Gasteiger partial charge in [0.05, 0.1) is 0 Å². The number of benzene rings is 1. The van der Waals surface area contributed by atoms with Crippen molar-refractivity contribution in [3.8, 4) is 0 Å². The molecular formula is C12H18N2. The summed E-state index contributed by atoms with van der Waals surface area (Å²) in [6.45, 7) is 5.50. The minimum atomic E-state index is 0.507. The average Bonchev–Trinajstić information content (AvgIpc) is 2.49. The van der Waals surface area contributed by atoms with Crippen LogP contribution in [-0.2, 0) is 6.42 Å². The molecule has 2 rings (SSSR count). The molecule has 1 aliphatic rings. The maximum atomic E-state index is 3.50. The molecule has 0 saturated heterocycles. The third-order valence-corrected chi connectivity index (χ3v) is 2.70. The van der Waals surface area contributed by atoms with E-state index < -0.39 is 0 Å². The molecule has 0 spiro atoms. The van der Waals surface area contributed by atoms with E-state index in [0.29, 0.717) is 6.04 Å². The van der Waals surface area contributed by atoms with Crippen molar-refractivity contribution in [1.29, 1.82) is 0 Å². The molecule has 0 fully saturated rings. The number of hydrogen-bond donors (Lipinski definition) is 1. The Hall–Kier alpha value is -1.18. The normalized spacial score (nSPS) is 14.7. The summed E-state index contributed by atoms with van der Waals surface area (Å²) in [6, 6.07) is 7.02. The zero-order chi connectivity index (χ0) is 10.1. The SMILES string of the molecule is CC(C)Nc1cccc2c1CCN2C. The summed E-state index contributed by atoms with van der Waals surface area (Å²) >= 11 is 0. The second-order valence-electron chi connectivity index (χ2n) is 4.27. The second-order valence-corrected chi connectivity index (χ2v) is 4.27. The maximum absolute atomic E-state index is 3.50. The Morgan fingerprint density at radius 2 is 2.14 bits per heavy atom. The molecule has 0 bridgehead atoms. The fraction of sp³-hybridized carbons (Fsp3) is 0.500. The van der Waals surface area contributed by atoms with Gasteiger partial charge in [-0.05, 0) is 32.4 Å². The van der Waals surface area contributed by atoms with Crippen molar-refractivity contribution in [3.63, 3.8) is 0 Å². The van der Waals surface area contributed by atoms with Crippen LogP contribution in [0.3, 0.4) is 0 Å². The van der Waals surface area contributed by atoms with E-state index in [9.17, 15) is 0 Å². The molecule has 1 aliphatic heterocycles. The molecule has 1 heterocycles. The van der Waals surface area contributed by atoms with Crippen LogP contribution in [0.1, 0.15) is 19.4 Å². The summed E-state index contributed by atoms with van der Waals surface area (Å²) in [5.74, 6) is 0. The largest absolute Gasteiger partial charge is 0.383 e. The summed E-state index contributed by atoms with van der Waals surface area (Å²) in [5, 5.41) is 3.50. The van der Waals surface area contributed by atoms with Gasteiger partial charge in [0.25, 0.3) is 0 Å². The van der Waals surface area contributed by atoms with Crippen LogP contribution in [0.5, 0.6) is 0 Å². The molecule has 0 atom stereocenters. The number of fused-ring (bicyclic) bond motifs is 1. The van der Waals surface area contributed by atoms with E-state index in [1.165, 1.54) is 23.4 Å². The van der Waals surface area contributed by atoms with Crippen molar-refractivity contribution in [1.82, 2.24) is 0 Å². The van der Waals surface area contributed by atoms with Gasteiger partial charge >= 0.3 is 0 Å². The second kappa shape index (κ2) is 3.52. The first-order valence-electron chi connectivity index (χ1n) is 5.28. The van der Waals surface area contributed by atoms with Crippen LogP contribution in [0, 0.1) is 0 Å². The first-order chi connectivity index (χ1) is 6.68. The van der Waals surface area contributed by atoms with E-state index in [0.717, 1.165) is 6.54 Å². The highest BCUT2D eigenvalue weighted by Crippen LogP contribution is 2.32. The number of anilines is 2. The van der Waals surface area contributed by atoms with Gasteiger partial charge in [-0.15, -0.1) is 0 Å². The predicted octanol–water partition coefficient (Wildman–Crippen LogP) is 2.50. The van der Waals surface area contributed by atoms with E-state index in [1.54, 1.807) is 0 Å². The number of rotatable bonds is 2. The van der Waals surface area contributed by atoms with Gasteiger partial charge in [-0.1, -0.05) is 6.07 Å². The van der Waals surface area contributed by atoms with Crippen LogP contribution in [0.2, 0.25) is 0 Å². The lowest BCUT2D eigenvalue weighted by molar-refractivity contribution is 0.894. The van der Waals surface area contributed by atoms with Gasteiger partial charge in [-0.2, -0.15) is 0 Å². The quantitative estimate of drug-likeness (QED) is 0.770. The fourth-order valence-corrected chi connectivity index (χ4v) is 2.04. The highest BCUT2D eigenvalue weighted by atomic mass is 15.1. The molecule has 14 heavy (non-hydrogen) atoms. The number of hydrogen-bond acceptors (Lipinski definition) is 2. The first-order valence-corrected chi connectivity index (χ1v) is 5.28. The van der Waals surface area contributed by atoms with E-state index >= 15 is 0 Å². The lowest BCUT2D eigenvalue weighted by atomic mass is 10.1. The third-order valence-electron chi connectivity index (χ3n) is 2.70. The van der Waals surface area contributed by atoms with Crippen LogP contribution in [0.25, 0.3) is 0 Å². The highest BCUT2D eigenvalue weighted by molar-refractivity contribution is 5.69. The lowest BCUT2D eigenvalue weighted by Gasteiger charge is -2.15. The van der Waals surface area contributed by atoms with Gasteiger partial charge in [-0.25, -0.2) is 0 Å². The third kappa shape index (κ3) is 1.57. The Morgan fingerprint density at radius 1 is 1.36 bits per heavy atom. The standard InChI is InChI=1S/C12H18N2/c1-9(2)13-11-5-4-6-12-10(11)7-8-14(12)3/h4-6,9,13H,7-8H2,1-3H3. The molecule has 1 aromatic carbocycles. The molecule has 1 aromatic rings. The average molecular weight is 190 g/mol. The summed E-state index contributed by atoms with van der Waals surface area (Å²) < 4.78 is 0. The fourth-order valence-electron chi connectivity index (χ4n) is 2.04. The van der Waals surface area contributed by atoms with Gasteiger partial charge in [0, 0.05) is 36.6 Å². The van der Waals surface area contributed by atoms with Crippen molar-refractivity contribution in [2.24, 2.45) is 0 Å². The van der Waals surface area contributed by atoms with E-state index in [-0.39, 0.29) is 0 Å². The lowest BCUT2D eigenvalue weighted by Crippen LogP contribution is -2.12. The van der Waals surface area contributed by atoms with Gasteiger partial charge in [0.15, 0.2) is 0 Å². The highest BCUT2D eigenvalue weighted by Gasteiger charge is 2.18. The van der Waals surface area contributed by atoms with Crippen LogP contribution in [-0.4, -0.2) is 19.6 Å². The molecule has 0 aromatic heterocycles. The number of nitrogens with zero attached hydrogens (tertiary/aromatic N) is 1. The topological polar surface area (TPSA) is 15.3 Å². The van der Waals surface area contributed by atoms with Crippen LogP contribution in [0.15, 0.2) is 18.2 Å². The smallest absolute Gasteiger partial charge is 0.0417 e. The Balaban J connectivity index is 2.34. The number of likely N-dealkylation sites (N-methyl/N-ethyl adjacent to an activating group) is 1. The maximum Gasteiger partial charge on any atom is 0.0417 e. The van der Waals surface area contributed by atoms with Crippen molar-refractivity contribution < 1.29 is 0 Å². The first kappa shape index (κ1) is 9.38. The molecule has 0 saturated carbocycles. The summed E-state index contributed by atoms with van der Waals surface area (Å²) in [7, 11) is 2.16. The Kier molecular flexibility index (Phi) is 2.36. The Morgan fingerprint density at radius 3 is 2.86 bits per heavy atom. The van der Waals surface area contributed by atoms with Crippen molar-refractivity contribution >= 4 is 11.4 Å². The molecule has 2 heteroatoms. The van der Waals surface area contributed by atoms with Crippen molar-refractivity contribution in [2.75, 3.05) is 23.8 Å². The monoisotopic (exact) mass is 190 g/mol. The molecule has 0 aliphatic carbocycles. The van der Waals surface area contributed by atoms with E-state index in [1.807, 2.05) is 0 Å². The van der Waals surface area contributed by atoms with Crippen LogP contribution < -0.4 is 10.2 Å². The molecule has 76 valence electrons. The number of nitrogens with one attached hydrogen (secondary N) is 1.